The summed E-state index contributed by atoms with van der Waals surface area (Å²) in [6.45, 7) is 2.18. The maximum Gasteiger partial charge on any atom is 0.223 e. The van der Waals surface area contributed by atoms with Gasteiger partial charge < -0.3 is 10.4 Å². The average molecular weight is 459 g/mol. The number of benzene rings is 2. The van der Waals surface area contributed by atoms with E-state index in [1.165, 1.54) is 15.8 Å². The molecule has 0 atom stereocenters. The third-order valence-corrected chi connectivity index (χ3v) is 7.35. The molecule has 6 heteroatoms. The van der Waals surface area contributed by atoms with Gasteiger partial charge in [-0.2, -0.15) is 0 Å². The summed E-state index contributed by atoms with van der Waals surface area (Å²) in [5, 5.41) is 14.5. The molecule has 33 heavy (non-hydrogen) atoms. The number of fused-ring (bicyclic) bond motifs is 1. The van der Waals surface area contributed by atoms with E-state index in [4.69, 9.17) is 15.0 Å². The maximum absolute atomic E-state index is 9.84. The lowest BCUT2D eigenvalue weighted by atomic mass is 9.93. The topological polar surface area (TPSA) is 70.9 Å². The third-order valence-electron chi connectivity index (χ3n) is 6.33. The molecule has 1 fully saturated rings. The van der Waals surface area contributed by atoms with Gasteiger partial charge in [0.1, 0.15) is 0 Å². The van der Waals surface area contributed by atoms with Crippen LogP contribution in [-0.2, 0) is 19.3 Å². The molecular formula is C27H30N4OS. The Labute approximate surface area is 199 Å². The van der Waals surface area contributed by atoms with Crippen LogP contribution in [0.25, 0.3) is 10.2 Å². The number of aliphatic hydroxyl groups excluding tert-OH is 1. The second kappa shape index (κ2) is 9.98. The quantitative estimate of drug-likeness (QED) is 0.380. The predicted molar refractivity (Wildman–Crippen MR) is 135 cm³/mol. The van der Waals surface area contributed by atoms with E-state index in [-0.39, 0.29) is 6.10 Å². The number of aryl methyl sites for hydroxylation is 1. The molecule has 0 amide bonds. The van der Waals surface area contributed by atoms with E-state index >= 15 is 0 Å². The number of nitrogens with one attached hydrogen (secondary N) is 1. The molecule has 0 unspecified atom stereocenters. The van der Waals surface area contributed by atoms with E-state index in [0.29, 0.717) is 18.4 Å². The Morgan fingerprint density at radius 1 is 0.879 bits per heavy atom. The number of thiazole rings is 1. The molecule has 2 heterocycles. The van der Waals surface area contributed by atoms with Crippen molar-refractivity contribution in [2.24, 2.45) is 0 Å². The van der Waals surface area contributed by atoms with Crippen LogP contribution in [0, 0.1) is 0 Å². The highest BCUT2D eigenvalue weighted by molar-refractivity contribution is 7.18. The Hall–Kier alpha value is -2.83. The minimum atomic E-state index is -0.170. The lowest BCUT2D eigenvalue weighted by Gasteiger charge is -2.26. The van der Waals surface area contributed by atoms with Crippen molar-refractivity contribution in [3.05, 3.63) is 82.1 Å². The molecule has 5 rings (SSSR count). The van der Waals surface area contributed by atoms with Crippen molar-refractivity contribution in [2.75, 3.05) is 5.32 Å². The van der Waals surface area contributed by atoms with Gasteiger partial charge >= 0.3 is 0 Å². The average Bonchev–Trinajstić information content (AvgIpc) is 3.22. The summed E-state index contributed by atoms with van der Waals surface area (Å²) in [7, 11) is 0. The second-order valence-corrected chi connectivity index (χ2v) is 10.0. The second-order valence-electron chi connectivity index (χ2n) is 8.93. The highest BCUT2D eigenvalue weighted by Crippen LogP contribution is 2.26. The summed E-state index contributed by atoms with van der Waals surface area (Å²) in [5.41, 5.74) is 5.64. The molecule has 1 aliphatic rings. The fourth-order valence-electron chi connectivity index (χ4n) is 4.47. The van der Waals surface area contributed by atoms with Crippen LogP contribution in [0.5, 0.6) is 0 Å². The first kappa shape index (κ1) is 22.0. The standard InChI is InChI=1S/C27H30N4OS/c1-2-18-8-13-24-25(15-18)33-26(31-24)17-22-16-21(14-19-6-4-3-5-7-19)29-27(30-22)28-20-9-11-23(32)12-10-20/h3-8,13,15-16,20,23,32H,2,9-12,14,17H2,1H3,(H,28,29,30). The fraction of sp³-hybridized carbons (Fsp3) is 0.370. The smallest absolute Gasteiger partial charge is 0.223 e. The Morgan fingerprint density at radius 2 is 1.64 bits per heavy atom. The summed E-state index contributed by atoms with van der Waals surface area (Å²) in [6, 6.07) is 19.4. The van der Waals surface area contributed by atoms with Crippen molar-refractivity contribution < 1.29 is 5.11 Å². The summed E-state index contributed by atoms with van der Waals surface area (Å²) < 4.78 is 1.24. The third kappa shape index (κ3) is 5.57. The molecule has 1 saturated carbocycles. The van der Waals surface area contributed by atoms with Crippen LogP contribution in [0.15, 0.2) is 54.6 Å². The molecule has 0 radical (unpaired) electrons. The largest absolute Gasteiger partial charge is 0.393 e. The minimum Gasteiger partial charge on any atom is -0.393 e. The number of hydrogen-bond donors (Lipinski definition) is 2. The van der Waals surface area contributed by atoms with Gasteiger partial charge in [0, 0.05) is 18.9 Å². The van der Waals surface area contributed by atoms with Gasteiger partial charge in [0.05, 0.1) is 32.7 Å². The molecule has 2 aromatic carbocycles. The molecule has 0 spiro atoms. The highest BCUT2D eigenvalue weighted by Gasteiger charge is 2.20. The monoisotopic (exact) mass is 458 g/mol. The first-order valence-corrected chi connectivity index (χ1v) is 12.7. The van der Waals surface area contributed by atoms with Crippen molar-refractivity contribution in [1.82, 2.24) is 15.0 Å². The Balaban J connectivity index is 1.41. The zero-order valence-electron chi connectivity index (χ0n) is 19.0. The molecule has 2 N–H and O–H groups in total. The molecule has 0 aliphatic heterocycles. The summed E-state index contributed by atoms with van der Waals surface area (Å²) in [4.78, 5) is 14.6. The molecule has 1 aliphatic carbocycles. The van der Waals surface area contributed by atoms with Crippen LogP contribution < -0.4 is 5.32 Å². The lowest BCUT2D eigenvalue weighted by molar-refractivity contribution is 0.126. The molecule has 0 bridgehead atoms. The van der Waals surface area contributed by atoms with Gasteiger partial charge in [0.2, 0.25) is 5.95 Å². The van der Waals surface area contributed by atoms with Crippen LogP contribution in [0.1, 0.15) is 60.1 Å². The van der Waals surface area contributed by atoms with E-state index < -0.39 is 0 Å². The Kier molecular flexibility index (Phi) is 6.65. The molecule has 170 valence electrons. The van der Waals surface area contributed by atoms with Crippen LogP contribution in [0.3, 0.4) is 0 Å². The van der Waals surface area contributed by atoms with Gasteiger partial charge in [-0.1, -0.05) is 43.3 Å². The van der Waals surface area contributed by atoms with Crippen LogP contribution in [-0.4, -0.2) is 32.2 Å². The van der Waals surface area contributed by atoms with Gasteiger partial charge in [0.25, 0.3) is 0 Å². The van der Waals surface area contributed by atoms with Gasteiger partial charge in [-0.05, 0) is 61.4 Å². The number of anilines is 1. The number of hydrogen-bond acceptors (Lipinski definition) is 6. The minimum absolute atomic E-state index is 0.170. The summed E-state index contributed by atoms with van der Waals surface area (Å²) in [5.74, 6) is 0.689. The van der Waals surface area contributed by atoms with Crippen LogP contribution in [0.2, 0.25) is 0 Å². The van der Waals surface area contributed by atoms with Crippen molar-refractivity contribution in [3.63, 3.8) is 0 Å². The maximum atomic E-state index is 9.84. The number of nitrogens with zero attached hydrogens (tertiary/aromatic N) is 3. The van der Waals surface area contributed by atoms with E-state index in [9.17, 15) is 5.11 Å². The molecule has 4 aromatic rings. The number of rotatable bonds is 7. The van der Waals surface area contributed by atoms with Crippen molar-refractivity contribution >= 4 is 27.5 Å². The predicted octanol–water partition coefficient (Wildman–Crippen LogP) is 5.55. The number of aliphatic hydroxyl groups is 1. The van der Waals surface area contributed by atoms with Gasteiger partial charge in [-0.25, -0.2) is 15.0 Å². The van der Waals surface area contributed by atoms with Gasteiger partial charge in [0.15, 0.2) is 0 Å². The van der Waals surface area contributed by atoms with E-state index in [1.54, 1.807) is 11.3 Å². The molecule has 0 saturated heterocycles. The molecule has 5 nitrogen and oxygen atoms in total. The van der Waals surface area contributed by atoms with Crippen LogP contribution >= 0.6 is 11.3 Å². The fourth-order valence-corrected chi connectivity index (χ4v) is 5.52. The lowest BCUT2D eigenvalue weighted by Crippen LogP contribution is -2.29. The van der Waals surface area contributed by atoms with E-state index in [2.05, 4.69) is 60.8 Å². The van der Waals surface area contributed by atoms with E-state index in [1.807, 2.05) is 6.07 Å². The molecular weight excluding hydrogens is 428 g/mol. The van der Waals surface area contributed by atoms with E-state index in [0.717, 1.165) is 60.4 Å². The van der Waals surface area contributed by atoms with Crippen LogP contribution in [0.4, 0.5) is 5.95 Å². The van der Waals surface area contributed by atoms with Crippen molar-refractivity contribution in [1.29, 1.82) is 0 Å². The van der Waals surface area contributed by atoms with Gasteiger partial charge in [-0.15, -0.1) is 11.3 Å². The van der Waals surface area contributed by atoms with Crippen molar-refractivity contribution in [2.45, 2.75) is 64.0 Å². The molecule has 2 aromatic heterocycles. The summed E-state index contributed by atoms with van der Waals surface area (Å²) >= 11 is 1.75. The first-order valence-electron chi connectivity index (χ1n) is 11.9. The number of aromatic nitrogens is 3. The summed E-state index contributed by atoms with van der Waals surface area (Å²) in [6.07, 6.45) is 5.89. The van der Waals surface area contributed by atoms with Crippen molar-refractivity contribution in [3.8, 4) is 0 Å². The van der Waals surface area contributed by atoms with Gasteiger partial charge in [-0.3, -0.25) is 0 Å². The Morgan fingerprint density at radius 3 is 2.39 bits per heavy atom. The first-order chi connectivity index (χ1) is 16.1. The zero-order valence-corrected chi connectivity index (χ0v) is 19.8. The zero-order chi connectivity index (χ0) is 22.6. The highest BCUT2D eigenvalue weighted by atomic mass is 32.1. The normalized spacial score (nSPS) is 18.5. The Bertz CT molecular complexity index is 1220. The SMILES string of the molecule is CCc1ccc2nc(Cc3cc(Cc4ccccc4)nc(NC4CCC(O)CC4)n3)sc2c1.